The van der Waals surface area contributed by atoms with E-state index < -0.39 is 6.04 Å². The fraction of sp³-hybridized carbons (Fsp3) is 0.333. The van der Waals surface area contributed by atoms with Gasteiger partial charge >= 0.3 is 0 Å². The summed E-state index contributed by atoms with van der Waals surface area (Å²) in [5, 5.41) is 3.92. The zero-order valence-corrected chi connectivity index (χ0v) is 18.4. The van der Waals surface area contributed by atoms with Crippen molar-refractivity contribution in [1.29, 1.82) is 0 Å². The van der Waals surface area contributed by atoms with Gasteiger partial charge in [0.25, 0.3) is 0 Å². The average molecular weight is 441 g/mol. The number of methoxy groups -OCH3 is 1. The van der Waals surface area contributed by atoms with Gasteiger partial charge in [0.1, 0.15) is 12.4 Å². The summed E-state index contributed by atoms with van der Waals surface area (Å²) in [5.41, 5.74) is 2.90. The molecule has 1 N–H and O–H groups in total. The summed E-state index contributed by atoms with van der Waals surface area (Å²) in [5.74, 6) is 0.776. The third-order valence-electron chi connectivity index (χ3n) is 5.74. The molecule has 2 aromatic rings. The van der Waals surface area contributed by atoms with Crippen LogP contribution in [0.3, 0.4) is 0 Å². The molecule has 0 spiro atoms. The van der Waals surface area contributed by atoms with Crippen LogP contribution in [0.2, 0.25) is 0 Å². The maximum Gasteiger partial charge on any atom is 0.173 e. The highest BCUT2D eigenvalue weighted by Gasteiger charge is 2.38. The fourth-order valence-electron chi connectivity index (χ4n) is 4.26. The molecule has 5 nitrogen and oxygen atoms in total. The van der Waals surface area contributed by atoms with Crippen molar-refractivity contribution < 1.29 is 18.7 Å². The molecular formula is C24H25FN2O3S. The molecule has 0 bridgehead atoms. The second-order valence-electron chi connectivity index (χ2n) is 7.52. The summed E-state index contributed by atoms with van der Waals surface area (Å²) >= 11 is 5.62. The van der Waals surface area contributed by atoms with E-state index in [1.165, 1.54) is 6.07 Å². The number of benzene rings is 2. The van der Waals surface area contributed by atoms with Crippen molar-refractivity contribution in [3.8, 4) is 11.5 Å². The van der Waals surface area contributed by atoms with Gasteiger partial charge < -0.3 is 19.7 Å². The molecule has 1 unspecified atom stereocenters. The predicted octanol–water partition coefficient (Wildman–Crippen LogP) is 4.67. The second-order valence-corrected chi connectivity index (χ2v) is 7.91. The molecule has 0 aromatic heterocycles. The number of nitrogens with one attached hydrogen (secondary N) is 1. The molecular weight excluding hydrogens is 415 g/mol. The van der Waals surface area contributed by atoms with Crippen LogP contribution in [0.15, 0.2) is 53.7 Å². The number of thiocarbonyl (C=S) groups is 1. The van der Waals surface area contributed by atoms with E-state index >= 15 is 0 Å². The number of nitrogens with zero attached hydrogens (tertiary/aromatic N) is 1. The zero-order valence-electron chi connectivity index (χ0n) is 17.6. The smallest absolute Gasteiger partial charge is 0.173 e. The summed E-state index contributed by atoms with van der Waals surface area (Å²) in [6.45, 7) is 2.75. The van der Waals surface area contributed by atoms with E-state index in [1.807, 2.05) is 24.0 Å². The topological polar surface area (TPSA) is 50.8 Å². The van der Waals surface area contributed by atoms with Crippen LogP contribution in [0, 0.1) is 5.82 Å². The van der Waals surface area contributed by atoms with Crippen molar-refractivity contribution in [2.75, 3.05) is 13.7 Å². The maximum atomic E-state index is 14.1. The van der Waals surface area contributed by atoms with Gasteiger partial charge in [-0.3, -0.25) is 4.79 Å². The third kappa shape index (κ3) is 4.02. The van der Waals surface area contributed by atoms with E-state index in [4.69, 9.17) is 21.7 Å². The summed E-state index contributed by atoms with van der Waals surface area (Å²) in [6, 6.07) is 11.6. The first-order valence-electron chi connectivity index (χ1n) is 10.4. The minimum atomic E-state index is -0.441. The molecule has 0 amide bonds. The monoisotopic (exact) mass is 440 g/mol. The van der Waals surface area contributed by atoms with Crippen LogP contribution in [-0.2, 0) is 11.4 Å². The molecule has 2 aromatic carbocycles. The van der Waals surface area contributed by atoms with Crippen molar-refractivity contribution in [3.05, 3.63) is 70.7 Å². The largest absolute Gasteiger partial charge is 0.493 e. The van der Waals surface area contributed by atoms with E-state index in [-0.39, 0.29) is 18.2 Å². The van der Waals surface area contributed by atoms with Crippen LogP contribution >= 0.6 is 12.2 Å². The summed E-state index contributed by atoms with van der Waals surface area (Å²) in [6.07, 6.45) is 2.14. The van der Waals surface area contributed by atoms with Gasteiger partial charge in [-0.05, 0) is 44.1 Å². The Bertz CT molecular complexity index is 1050. The summed E-state index contributed by atoms with van der Waals surface area (Å²) in [4.78, 5) is 15.0. The Kier molecular flexibility index (Phi) is 6.23. The minimum absolute atomic E-state index is 0.0398. The van der Waals surface area contributed by atoms with Gasteiger partial charge in [-0.2, -0.15) is 0 Å². The highest BCUT2D eigenvalue weighted by molar-refractivity contribution is 7.80. The van der Waals surface area contributed by atoms with Crippen LogP contribution in [0.4, 0.5) is 4.39 Å². The number of ether oxygens (including phenoxy) is 2. The van der Waals surface area contributed by atoms with Crippen molar-refractivity contribution in [3.63, 3.8) is 0 Å². The number of carbonyl (C=O) groups is 1. The fourth-order valence-corrected chi connectivity index (χ4v) is 4.62. The molecule has 0 fully saturated rings. The molecule has 1 atom stereocenters. The molecule has 1 aliphatic heterocycles. The van der Waals surface area contributed by atoms with Crippen molar-refractivity contribution in [2.45, 2.75) is 38.8 Å². The van der Waals surface area contributed by atoms with E-state index in [0.29, 0.717) is 35.1 Å². The van der Waals surface area contributed by atoms with Crippen LogP contribution in [0.5, 0.6) is 11.5 Å². The van der Waals surface area contributed by atoms with Crippen LogP contribution in [-0.4, -0.2) is 29.5 Å². The quantitative estimate of drug-likeness (QED) is 0.659. The lowest BCUT2D eigenvalue weighted by atomic mass is 9.84. The second kappa shape index (κ2) is 9.06. The van der Waals surface area contributed by atoms with Crippen molar-refractivity contribution >= 4 is 23.1 Å². The Morgan fingerprint density at radius 1 is 1.19 bits per heavy atom. The van der Waals surface area contributed by atoms with Gasteiger partial charge in [-0.1, -0.05) is 30.3 Å². The molecule has 1 aliphatic carbocycles. The molecule has 31 heavy (non-hydrogen) atoms. The molecule has 7 heteroatoms. The molecule has 0 saturated carbocycles. The Hall–Kier alpha value is -2.93. The predicted molar refractivity (Wildman–Crippen MR) is 120 cm³/mol. The number of hydrogen-bond acceptors (Lipinski definition) is 4. The average Bonchev–Trinajstić information content (AvgIpc) is 2.78. The van der Waals surface area contributed by atoms with Gasteiger partial charge in [-0.25, -0.2) is 4.39 Å². The lowest BCUT2D eigenvalue weighted by Gasteiger charge is -2.40. The number of hydrogen-bond donors (Lipinski definition) is 1. The van der Waals surface area contributed by atoms with Gasteiger partial charge in [0, 0.05) is 35.4 Å². The van der Waals surface area contributed by atoms with Gasteiger partial charge in [0.15, 0.2) is 22.4 Å². The number of halogens is 1. The third-order valence-corrected chi connectivity index (χ3v) is 6.08. The van der Waals surface area contributed by atoms with Crippen LogP contribution in [0.25, 0.3) is 0 Å². The van der Waals surface area contributed by atoms with E-state index in [0.717, 1.165) is 29.7 Å². The standard InChI is InChI=1S/C24H25FN2O3S/c1-3-27-18-11-7-12-19(28)21(18)22(26-24(27)31)16-9-6-13-20(29-2)23(16)30-14-15-8-4-5-10-17(15)25/h4-6,8-10,13,22H,3,7,11-12,14H2,1-2H3,(H,26,31). The molecule has 1 heterocycles. The Morgan fingerprint density at radius 2 is 2.00 bits per heavy atom. The zero-order chi connectivity index (χ0) is 22.0. The first kappa shape index (κ1) is 21.3. The Morgan fingerprint density at radius 3 is 2.74 bits per heavy atom. The normalized spacial score (nSPS) is 18.5. The number of Topliss-reactive ketones (excluding diaryl/α,β-unsaturated/α-hetero) is 1. The first-order chi connectivity index (χ1) is 15.0. The molecule has 162 valence electrons. The summed E-state index contributed by atoms with van der Waals surface area (Å²) in [7, 11) is 1.56. The SMILES string of the molecule is CCN1C(=S)NC(c2cccc(OC)c2OCc2ccccc2F)C2=C1CCCC2=O. The van der Waals surface area contributed by atoms with Crippen molar-refractivity contribution in [1.82, 2.24) is 10.2 Å². The van der Waals surface area contributed by atoms with Crippen LogP contribution in [0.1, 0.15) is 43.4 Å². The lowest BCUT2D eigenvalue weighted by Crippen LogP contribution is -2.49. The number of rotatable bonds is 6. The molecule has 0 saturated heterocycles. The highest BCUT2D eigenvalue weighted by Crippen LogP contribution is 2.43. The number of ketones is 1. The molecule has 4 rings (SSSR count). The van der Waals surface area contributed by atoms with Gasteiger partial charge in [0.2, 0.25) is 0 Å². The van der Waals surface area contributed by atoms with E-state index in [1.54, 1.807) is 31.4 Å². The first-order valence-corrected chi connectivity index (χ1v) is 10.8. The molecule has 2 aliphatic rings. The Balaban J connectivity index is 1.77. The van der Waals surface area contributed by atoms with Gasteiger partial charge in [0.05, 0.1) is 13.2 Å². The lowest BCUT2D eigenvalue weighted by molar-refractivity contribution is -0.116. The van der Waals surface area contributed by atoms with E-state index in [2.05, 4.69) is 5.32 Å². The molecule has 0 radical (unpaired) electrons. The van der Waals surface area contributed by atoms with E-state index in [9.17, 15) is 9.18 Å². The van der Waals surface area contributed by atoms with Gasteiger partial charge in [-0.15, -0.1) is 0 Å². The number of carbonyl (C=O) groups excluding carboxylic acids is 1. The highest BCUT2D eigenvalue weighted by atomic mass is 32.1. The minimum Gasteiger partial charge on any atom is -0.493 e. The van der Waals surface area contributed by atoms with Crippen LogP contribution < -0.4 is 14.8 Å². The summed E-state index contributed by atoms with van der Waals surface area (Å²) < 4.78 is 25.8. The van der Waals surface area contributed by atoms with Crippen molar-refractivity contribution in [2.24, 2.45) is 0 Å². The Labute approximate surface area is 186 Å². The number of para-hydroxylation sites is 1. The number of allylic oxidation sites excluding steroid dienone is 1. The maximum absolute atomic E-state index is 14.1.